The summed E-state index contributed by atoms with van der Waals surface area (Å²) in [6.07, 6.45) is 1.06. The number of aliphatic hydroxyl groups is 2. The van der Waals surface area contributed by atoms with Crippen molar-refractivity contribution in [3.63, 3.8) is 0 Å². The Morgan fingerprint density at radius 3 is 2.59 bits per heavy atom. The van der Waals surface area contributed by atoms with Crippen LogP contribution in [0, 0.1) is 6.92 Å². The van der Waals surface area contributed by atoms with Gasteiger partial charge in [-0.15, -0.1) is 0 Å². The fourth-order valence-electron chi connectivity index (χ4n) is 3.88. The molecule has 1 heterocycles. The molecule has 0 saturated carbocycles. The van der Waals surface area contributed by atoms with Gasteiger partial charge >= 0.3 is 0 Å². The molecule has 1 aliphatic rings. The first-order valence-electron chi connectivity index (χ1n) is 9.72. The van der Waals surface area contributed by atoms with Gasteiger partial charge in [-0.1, -0.05) is 30.3 Å². The van der Waals surface area contributed by atoms with Crippen LogP contribution in [0.3, 0.4) is 0 Å². The zero-order valence-corrected chi connectivity index (χ0v) is 16.4. The monoisotopic (exact) mass is 370 g/mol. The fraction of sp³-hybridized carbons (Fsp3) is 0.478. The molecule has 2 aromatic carbocycles. The number of ether oxygens (including phenoxy) is 2. The second kappa shape index (κ2) is 8.42. The van der Waals surface area contributed by atoms with E-state index in [1.807, 2.05) is 26.0 Å². The molecule has 3 atom stereocenters. The standard InChI is InChI=1S/C23H30O4/c1-4-26-21-9-6-17(7-10-21)11-18-12-19(8-5-16(18)2)23(3)14-20(25)13-22(15-24)27-23/h5-10,12,20,22,24-25H,4,11,13-15H2,1-3H3/t20?,22?,23-/m1/s1. The minimum Gasteiger partial charge on any atom is -0.494 e. The van der Waals surface area contributed by atoms with Crippen LogP contribution in [0.5, 0.6) is 5.75 Å². The number of hydrogen-bond acceptors (Lipinski definition) is 4. The van der Waals surface area contributed by atoms with Crippen molar-refractivity contribution in [3.05, 3.63) is 64.7 Å². The van der Waals surface area contributed by atoms with Crippen molar-refractivity contribution in [2.45, 2.75) is 57.8 Å². The van der Waals surface area contributed by atoms with Gasteiger partial charge in [0, 0.05) is 12.8 Å². The van der Waals surface area contributed by atoms with Gasteiger partial charge in [0.25, 0.3) is 0 Å². The lowest BCUT2D eigenvalue weighted by molar-refractivity contribution is -0.169. The third-order valence-corrected chi connectivity index (χ3v) is 5.38. The minimum atomic E-state index is -0.591. The largest absolute Gasteiger partial charge is 0.494 e. The first-order valence-corrected chi connectivity index (χ1v) is 9.72. The molecule has 1 aliphatic heterocycles. The predicted octanol–water partition coefficient (Wildman–Crippen LogP) is 3.73. The maximum Gasteiger partial charge on any atom is 0.119 e. The third kappa shape index (κ3) is 4.70. The van der Waals surface area contributed by atoms with Gasteiger partial charge in [-0.2, -0.15) is 0 Å². The number of aliphatic hydroxyl groups excluding tert-OH is 2. The van der Waals surface area contributed by atoms with Crippen LogP contribution in [0.4, 0.5) is 0 Å². The highest BCUT2D eigenvalue weighted by atomic mass is 16.5. The highest BCUT2D eigenvalue weighted by Gasteiger charge is 2.38. The topological polar surface area (TPSA) is 58.9 Å². The van der Waals surface area contributed by atoms with Crippen molar-refractivity contribution in [1.82, 2.24) is 0 Å². The fourth-order valence-corrected chi connectivity index (χ4v) is 3.88. The van der Waals surface area contributed by atoms with Crippen LogP contribution < -0.4 is 4.74 Å². The van der Waals surface area contributed by atoms with Gasteiger partial charge in [-0.25, -0.2) is 0 Å². The summed E-state index contributed by atoms with van der Waals surface area (Å²) >= 11 is 0. The number of benzene rings is 2. The Bertz CT molecular complexity index is 755. The summed E-state index contributed by atoms with van der Waals surface area (Å²) in [4.78, 5) is 0. The molecule has 27 heavy (non-hydrogen) atoms. The van der Waals surface area contributed by atoms with Crippen molar-refractivity contribution in [2.24, 2.45) is 0 Å². The summed E-state index contributed by atoms with van der Waals surface area (Å²) in [6, 6.07) is 14.6. The van der Waals surface area contributed by atoms with Crippen LogP contribution in [-0.4, -0.2) is 35.6 Å². The van der Waals surface area contributed by atoms with Gasteiger partial charge in [0.1, 0.15) is 5.75 Å². The molecule has 0 spiro atoms. The molecule has 1 saturated heterocycles. The molecule has 0 aromatic heterocycles. The van der Waals surface area contributed by atoms with E-state index in [1.54, 1.807) is 0 Å². The maximum atomic E-state index is 10.2. The SMILES string of the molecule is CCOc1ccc(Cc2cc([C@@]3(C)CC(O)CC(CO)O3)ccc2C)cc1. The normalized spacial score (nSPS) is 25.4. The summed E-state index contributed by atoms with van der Waals surface area (Å²) in [6.45, 7) is 6.69. The average Bonchev–Trinajstić information content (AvgIpc) is 2.64. The predicted molar refractivity (Wildman–Crippen MR) is 106 cm³/mol. The average molecular weight is 370 g/mol. The van der Waals surface area contributed by atoms with E-state index >= 15 is 0 Å². The molecular formula is C23H30O4. The molecule has 1 fully saturated rings. The van der Waals surface area contributed by atoms with Crippen molar-refractivity contribution in [3.8, 4) is 5.75 Å². The Morgan fingerprint density at radius 2 is 1.93 bits per heavy atom. The van der Waals surface area contributed by atoms with Crippen LogP contribution in [0.2, 0.25) is 0 Å². The second-order valence-electron chi connectivity index (χ2n) is 7.64. The van der Waals surface area contributed by atoms with Gasteiger partial charge < -0.3 is 19.7 Å². The first-order chi connectivity index (χ1) is 12.9. The van der Waals surface area contributed by atoms with Gasteiger partial charge in [-0.05, 0) is 61.6 Å². The zero-order valence-electron chi connectivity index (χ0n) is 16.4. The van der Waals surface area contributed by atoms with Gasteiger partial charge in [0.05, 0.1) is 31.0 Å². The third-order valence-electron chi connectivity index (χ3n) is 5.38. The van der Waals surface area contributed by atoms with Crippen LogP contribution in [-0.2, 0) is 16.8 Å². The highest BCUT2D eigenvalue weighted by molar-refractivity contribution is 5.39. The van der Waals surface area contributed by atoms with E-state index in [9.17, 15) is 10.2 Å². The van der Waals surface area contributed by atoms with E-state index in [0.717, 1.165) is 17.7 Å². The summed E-state index contributed by atoms with van der Waals surface area (Å²) in [5.74, 6) is 0.888. The molecule has 3 rings (SSSR count). The Balaban J connectivity index is 1.83. The van der Waals surface area contributed by atoms with E-state index in [0.29, 0.717) is 19.4 Å². The van der Waals surface area contributed by atoms with Crippen molar-refractivity contribution in [2.75, 3.05) is 13.2 Å². The van der Waals surface area contributed by atoms with Crippen LogP contribution in [0.25, 0.3) is 0 Å². The summed E-state index contributed by atoms with van der Waals surface area (Å²) in [5, 5.41) is 19.7. The smallest absolute Gasteiger partial charge is 0.119 e. The molecule has 4 nitrogen and oxygen atoms in total. The zero-order chi connectivity index (χ0) is 19.4. The molecule has 2 aromatic rings. The molecule has 4 heteroatoms. The molecule has 0 radical (unpaired) electrons. The van der Waals surface area contributed by atoms with Crippen molar-refractivity contribution < 1.29 is 19.7 Å². The lowest BCUT2D eigenvalue weighted by Gasteiger charge is -2.41. The molecule has 2 unspecified atom stereocenters. The lowest BCUT2D eigenvalue weighted by Crippen LogP contribution is -2.43. The number of hydrogen-bond donors (Lipinski definition) is 2. The van der Waals surface area contributed by atoms with Crippen molar-refractivity contribution >= 4 is 0 Å². The maximum absolute atomic E-state index is 10.2. The van der Waals surface area contributed by atoms with Gasteiger partial charge in [0.2, 0.25) is 0 Å². The Kier molecular flexibility index (Phi) is 6.20. The Hall–Kier alpha value is -1.88. The van der Waals surface area contributed by atoms with E-state index in [2.05, 4.69) is 37.3 Å². The summed E-state index contributed by atoms with van der Waals surface area (Å²) < 4.78 is 11.7. The molecule has 2 N–H and O–H groups in total. The molecule has 146 valence electrons. The van der Waals surface area contributed by atoms with Crippen LogP contribution >= 0.6 is 0 Å². The Labute approximate surface area is 161 Å². The first kappa shape index (κ1) is 19.9. The number of rotatable bonds is 6. The molecular weight excluding hydrogens is 340 g/mol. The number of aryl methyl sites for hydroxylation is 1. The Morgan fingerprint density at radius 1 is 1.19 bits per heavy atom. The van der Waals surface area contributed by atoms with Crippen molar-refractivity contribution in [1.29, 1.82) is 0 Å². The van der Waals surface area contributed by atoms with E-state index < -0.39 is 11.7 Å². The van der Waals surface area contributed by atoms with Gasteiger partial charge in [-0.3, -0.25) is 0 Å². The highest BCUT2D eigenvalue weighted by Crippen LogP contribution is 2.38. The van der Waals surface area contributed by atoms with Gasteiger partial charge in [0.15, 0.2) is 0 Å². The van der Waals surface area contributed by atoms with E-state index in [4.69, 9.17) is 9.47 Å². The summed E-state index contributed by atoms with van der Waals surface area (Å²) in [5.41, 5.74) is 4.15. The quantitative estimate of drug-likeness (QED) is 0.813. The molecule has 0 bridgehead atoms. The van der Waals surface area contributed by atoms with Crippen LogP contribution in [0.1, 0.15) is 48.9 Å². The molecule has 0 amide bonds. The molecule has 0 aliphatic carbocycles. The summed E-state index contributed by atoms with van der Waals surface area (Å²) in [7, 11) is 0. The van der Waals surface area contributed by atoms with Crippen LogP contribution in [0.15, 0.2) is 42.5 Å². The lowest BCUT2D eigenvalue weighted by atomic mass is 9.83. The second-order valence-corrected chi connectivity index (χ2v) is 7.64. The minimum absolute atomic E-state index is 0.0719. The van der Waals surface area contributed by atoms with E-state index in [1.165, 1.54) is 16.7 Å². The van der Waals surface area contributed by atoms with E-state index in [-0.39, 0.29) is 12.7 Å².